The molecule has 1 unspecified atom stereocenters. The molecular formula is C11H13KN5O6S+. The molecule has 24 heavy (non-hydrogen) atoms. The van der Waals surface area contributed by atoms with Crippen molar-refractivity contribution in [1.82, 2.24) is 15.4 Å². The number of aromatic nitrogens is 1. The first kappa shape index (κ1) is 21.0. The van der Waals surface area contributed by atoms with Crippen molar-refractivity contribution in [2.24, 2.45) is 5.16 Å². The number of carbonyl (C=O) groups is 3. The van der Waals surface area contributed by atoms with Gasteiger partial charge in [0.05, 0.1) is 6.54 Å². The Kier molecular flexibility index (Phi) is 8.21. The summed E-state index contributed by atoms with van der Waals surface area (Å²) in [6.45, 7) is -0.613. The number of nitrogens with two attached hydrogens (primary N) is 1. The Labute approximate surface area is 182 Å². The summed E-state index contributed by atoms with van der Waals surface area (Å²) in [4.78, 5) is 47.5. The summed E-state index contributed by atoms with van der Waals surface area (Å²) < 4.78 is 0. The molecule has 11 nitrogen and oxygen atoms in total. The number of carboxylic acids is 1. The van der Waals surface area contributed by atoms with E-state index in [2.05, 4.69) is 20.3 Å². The number of carbonyl (C=O) groups excluding carboxylic acids is 2. The number of amides is 2. The van der Waals surface area contributed by atoms with Crippen LogP contribution in [-0.4, -0.2) is 65.0 Å². The molecule has 4 N–H and O–H groups in total. The van der Waals surface area contributed by atoms with Gasteiger partial charge in [-0.2, -0.15) is 0 Å². The third kappa shape index (κ3) is 5.20. The zero-order valence-corrected chi connectivity index (χ0v) is 16.8. The molecule has 1 fully saturated rings. The predicted molar refractivity (Wildman–Crippen MR) is 77.3 cm³/mol. The molecule has 1 aliphatic rings. The SMILES string of the molecule is CO/N=C(\C(=O)NC1CN(OCC(=O)O)C1=O)c1csc(N)n1.[K+]. The maximum absolute atomic E-state index is 12.2. The van der Waals surface area contributed by atoms with Gasteiger partial charge >= 0.3 is 57.4 Å². The Morgan fingerprint density at radius 2 is 2.33 bits per heavy atom. The Balaban J connectivity index is 0.00000288. The number of anilines is 1. The largest absolute Gasteiger partial charge is 1.00 e. The Bertz CT molecular complexity index is 665. The average molecular weight is 382 g/mol. The number of thiazole rings is 1. The number of β-lactam (4-membered cyclic amide) rings is 1. The minimum absolute atomic E-state index is 0. The fourth-order valence-electron chi connectivity index (χ4n) is 1.67. The molecule has 1 aliphatic heterocycles. The van der Waals surface area contributed by atoms with Crippen LogP contribution >= 0.6 is 11.3 Å². The summed E-state index contributed by atoms with van der Waals surface area (Å²) >= 11 is 1.12. The maximum atomic E-state index is 12.2. The molecule has 2 rings (SSSR count). The number of nitrogen functional groups attached to an aromatic ring is 1. The second-order valence-electron chi connectivity index (χ2n) is 4.29. The number of nitrogens with zero attached hydrogens (tertiary/aromatic N) is 3. The van der Waals surface area contributed by atoms with Crippen molar-refractivity contribution in [1.29, 1.82) is 0 Å². The van der Waals surface area contributed by atoms with E-state index in [4.69, 9.17) is 15.7 Å². The fourth-order valence-corrected chi connectivity index (χ4v) is 2.22. The normalized spacial score (nSPS) is 16.9. The molecule has 13 heteroatoms. The molecule has 1 aromatic heterocycles. The van der Waals surface area contributed by atoms with Crippen molar-refractivity contribution >= 4 is 40.0 Å². The Morgan fingerprint density at radius 1 is 1.62 bits per heavy atom. The van der Waals surface area contributed by atoms with Gasteiger partial charge in [-0.25, -0.2) is 14.8 Å². The van der Waals surface area contributed by atoms with Crippen molar-refractivity contribution in [2.45, 2.75) is 6.04 Å². The van der Waals surface area contributed by atoms with Crippen molar-refractivity contribution in [3.63, 3.8) is 0 Å². The van der Waals surface area contributed by atoms with Gasteiger partial charge in [-0.3, -0.25) is 14.4 Å². The first-order chi connectivity index (χ1) is 10.9. The van der Waals surface area contributed by atoms with Gasteiger partial charge in [0.1, 0.15) is 18.8 Å². The summed E-state index contributed by atoms with van der Waals surface area (Å²) in [7, 11) is 1.26. The second-order valence-corrected chi connectivity index (χ2v) is 5.18. The van der Waals surface area contributed by atoms with Gasteiger partial charge in [-0.15, -0.1) is 11.3 Å². The van der Waals surface area contributed by atoms with Gasteiger partial charge in [0.25, 0.3) is 11.8 Å². The third-order valence-electron chi connectivity index (χ3n) is 2.70. The molecule has 124 valence electrons. The van der Waals surface area contributed by atoms with Crippen LogP contribution < -0.4 is 62.4 Å². The number of oxime groups is 1. The molecule has 0 aliphatic carbocycles. The summed E-state index contributed by atoms with van der Waals surface area (Å²) in [5.41, 5.74) is 5.60. The molecule has 2 heterocycles. The summed E-state index contributed by atoms with van der Waals surface area (Å²) in [6, 6.07) is -0.839. The van der Waals surface area contributed by atoms with Gasteiger partial charge in [0.2, 0.25) is 0 Å². The topological polar surface area (TPSA) is 156 Å². The molecule has 1 saturated heterocycles. The predicted octanol–water partition coefficient (Wildman–Crippen LogP) is -4.58. The average Bonchev–Trinajstić information content (AvgIpc) is 2.92. The molecule has 1 atom stereocenters. The summed E-state index contributed by atoms with van der Waals surface area (Å²) in [5.74, 6) is -2.44. The summed E-state index contributed by atoms with van der Waals surface area (Å²) in [5, 5.41) is 17.1. The molecule has 0 bridgehead atoms. The number of hydroxylamine groups is 2. The van der Waals surface area contributed by atoms with Crippen LogP contribution in [-0.2, 0) is 24.1 Å². The molecule has 0 aromatic carbocycles. The molecule has 0 spiro atoms. The zero-order chi connectivity index (χ0) is 17.0. The number of rotatable bonds is 7. The van der Waals surface area contributed by atoms with E-state index in [0.29, 0.717) is 0 Å². The van der Waals surface area contributed by atoms with Crippen LogP contribution in [0, 0.1) is 0 Å². The summed E-state index contributed by atoms with van der Waals surface area (Å²) in [6.07, 6.45) is 0. The van der Waals surface area contributed by atoms with Crippen LogP contribution in [0.2, 0.25) is 0 Å². The fraction of sp³-hybridized carbons (Fsp3) is 0.364. The maximum Gasteiger partial charge on any atom is 1.00 e. The van der Waals surface area contributed by atoms with E-state index in [1.165, 1.54) is 12.5 Å². The van der Waals surface area contributed by atoms with E-state index >= 15 is 0 Å². The molecule has 2 amide bonds. The Morgan fingerprint density at radius 3 is 2.83 bits per heavy atom. The Hall–Kier alpha value is -1.09. The monoisotopic (exact) mass is 382 g/mol. The molecule has 1 aromatic rings. The quantitative estimate of drug-likeness (QED) is 0.184. The van der Waals surface area contributed by atoms with Gasteiger partial charge in [-0.05, 0) is 0 Å². The van der Waals surface area contributed by atoms with Gasteiger partial charge < -0.3 is 21.0 Å². The number of nitrogens with one attached hydrogen (secondary N) is 1. The van der Waals surface area contributed by atoms with Crippen molar-refractivity contribution in [3.8, 4) is 0 Å². The van der Waals surface area contributed by atoms with Gasteiger partial charge in [-0.1, -0.05) is 5.16 Å². The van der Waals surface area contributed by atoms with Gasteiger partial charge in [0, 0.05) is 5.38 Å². The van der Waals surface area contributed by atoms with Crippen LogP contribution in [0.1, 0.15) is 5.69 Å². The third-order valence-corrected chi connectivity index (χ3v) is 3.38. The molecule has 0 saturated carbocycles. The van der Waals surface area contributed by atoms with Crippen molar-refractivity contribution in [2.75, 3.05) is 26.0 Å². The van der Waals surface area contributed by atoms with Crippen LogP contribution in [0.25, 0.3) is 0 Å². The standard InChI is InChI=1S/C11H13N5O6S.K/c1-21-15-8(6-4-23-11(12)14-6)9(19)13-5-2-16(10(5)20)22-3-7(17)18;/h4-5H,2-3H2,1H3,(H2,12,14)(H,13,19)(H,17,18);/q;+1/b15-8-;. The number of hydrogen-bond donors (Lipinski definition) is 3. The van der Waals surface area contributed by atoms with E-state index < -0.39 is 30.4 Å². The smallest absolute Gasteiger partial charge is 0.479 e. The zero-order valence-electron chi connectivity index (χ0n) is 12.9. The first-order valence-corrected chi connectivity index (χ1v) is 7.09. The van der Waals surface area contributed by atoms with E-state index in [0.717, 1.165) is 16.4 Å². The van der Waals surface area contributed by atoms with E-state index in [1.807, 2.05) is 0 Å². The minimum atomic E-state index is -1.21. The van der Waals surface area contributed by atoms with E-state index in [1.54, 1.807) is 0 Å². The van der Waals surface area contributed by atoms with Gasteiger partial charge in [0.15, 0.2) is 17.5 Å². The molecule has 0 radical (unpaired) electrons. The second kappa shape index (κ2) is 9.41. The van der Waals surface area contributed by atoms with Crippen LogP contribution in [0.4, 0.5) is 5.13 Å². The minimum Gasteiger partial charge on any atom is -0.479 e. The van der Waals surface area contributed by atoms with Crippen LogP contribution in [0.15, 0.2) is 10.5 Å². The molecular weight excluding hydrogens is 369 g/mol. The first-order valence-electron chi connectivity index (χ1n) is 6.22. The van der Waals surface area contributed by atoms with Crippen LogP contribution in [0.5, 0.6) is 0 Å². The number of hydrogen-bond acceptors (Lipinski definition) is 9. The van der Waals surface area contributed by atoms with Crippen LogP contribution in [0.3, 0.4) is 0 Å². The van der Waals surface area contributed by atoms with E-state index in [9.17, 15) is 14.4 Å². The van der Waals surface area contributed by atoms with Crippen molar-refractivity contribution in [3.05, 3.63) is 11.1 Å². The van der Waals surface area contributed by atoms with Crippen molar-refractivity contribution < 1.29 is 80.5 Å². The van der Waals surface area contributed by atoms with E-state index in [-0.39, 0.29) is 74.5 Å². The number of aliphatic carboxylic acids is 1. The number of carboxylic acid groups (broad SMARTS) is 1.